The molecule has 2 aromatic rings. The second-order valence-electron chi connectivity index (χ2n) is 3.79. The van der Waals surface area contributed by atoms with Crippen LogP contribution in [0.1, 0.15) is 11.1 Å². The van der Waals surface area contributed by atoms with Gasteiger partial charge in [-0.05, 0) is 23.8 Å². The molecular weight excluding hydrogens is 247 g/mol. The zero-order chi connectivity index (χ0) is 13.0. The SMILES string of the molecule is N=C(N)c1cccc(CSc2ccccc2)c1F. The lowest BCUT2D eigenvalue weighted by Gasteiger charge is -2.07. The zero-order valence-corrected chi connectivity index (χ0v) is 10.5. The van der Waals surface area contributed by atoms with Gasteiger partial charge in [-0.15, -0.1) is 11.8 Å². The number of thioether (sulfide) groups is 1. The first-order chi connectivity index (χ1) is 8.68. The number of rotatable bonds is 4. The van der Waals surface area contributed by atoms with Gasteiger partial charge in [0.2, 0.25) is 0 Å². The van der Waals surface area contributed by atoms with Gasteiger partial charge < -0.3 is 5.73 Å². The lowest BCUT2D eigenvalue weighted by Crippen LogP contribution is -2.14. The number of amidine groups is 1. The van der Waals surface area contributed by atoms with Crippen LogP contribution in [-0.4, -0.2) is 5.84 Å². The molecule has 0 radical (unpaired) electrons. The Hall–Kier alpha value is -1.81. The van der Waals surface area contributed by atoms with E-state index in [9.17, 15) is 4.39 Å². The number of nitrogen functional groups attached to an aromatic ring is 1. The molecule has 0 amide bonds. The molecule has 92 valence electrons. The van der Waals surface area contributed by atoms with Gasteiger partial charge in [0.1, 0.15) is 11.7 Å². The minimum atomic E-state index is -0.395. The van der Waals surface area contributed by atoms with E-state index in [1.165, 1.54) is 6.07 Å². The highest BCUT2D eigenvalue weighted by Crippen LogP contribution is 2.24. The molecular formula is C14H13FN2S. The Bertz CT molecular complexity index is 555. The van der Waals surface area contributed by atoms with Gasteiger partial charge in [0.05, 0.1) is 5.56 Å². The number of hydrogen-bond donors (Lipinski definition) is 2. The van der Waals surface area contributed by atoms with Crippen LogP contribution < -0.4 is 5.73 Å². The minimum absolute atomic E-state index is 0.168. The van der Waals surface area contributed by atoms with Crippen LogP contribution in [0.25, 0.3) is 0 Å². The summed E-state index contributed by atoms with van der Waals surface area (Å²) in [5.41, 5.74) is 6.06. The largest absolute Gasteiger partial charge is 0.384 e. The summed E-state index contributed by atoms with van der Waals surface area (Å²) in [6.07, 6.45) is 0. The molecule has 0 fully saturated rings. The maximum Gasteiger partial charge on any atom is 0.138 e. The fraction of sp³-hybridized carbons (Fsp3) is 0.0714. The summed E-state index contributed by atoms with van der Waals surface area (Å²) in [5.74, 6) is -0.107. The summed E-state index contributed by atoms with van der Waals surface area (Å²) in [4.78, 5) is 1.09. The first kappa shape index (κ1) is 12.6. The predicted molar refractivity (Wildman–Crippen MR) is 73.4 cm³/mol. The molecule has 2 rings (SSSR count). The Morgan fingerprint density at radius 2 is 1.83 bits per heavy atom. The summed E-state index contributed by atoms with van der Waals surface area (Å²) < 4.78 is 14.0. The lowest BCUT2D eigenvalue weighted by molar-refractivity contribution is 0.614. The number of hydrogen-bond acceptors (Lipinski definition) is 2. The van der Waals surface area contributed by atoms with Crippen molar-refractivity contribution in [3.05, 3.63) is 65.5 Å². The first-order valence-corrected chi connectivity index (χ1v) is 6.46. The Morgan fingerprint density at radius 1 is 1.11 bits per heavy atom. The third-order valence-electron chi connectivity index (χ3n) is 2.51. The number of nitrogens with one attached hydrogen (secondary N) is 1. The molecule has 0 aliphatic carbocycles. The maximum absolute atomic E-state index is 14.0. The normalized spacial score (nSPS) is 10.3. The fourth-order valence-electron chi connectivity index (χ4n) is 1.58. The lowest BCUT2D eigenvalue weighted by atomic mass is 10.1. The zero-order valence-electron chi connectivity index (χ0n) is 9.69. The molecule has 0 unspecified atom stereocenters. The predicted octanol–water partition coefficient (Wildman–Crippen LogP) is 3.40. The van der Waals surface area contributed by atoms with Crippen molar-refractivity contribution in [3.63, 3.8) is 0 Å². The highest BCUT2D eigenvalue weighted by molar-refractivity contribution is 7.98. The molecule has 0 heterocycles. The van der Waals surface area contributed by atoms with Crippen molar-refractivity contribution in [3.8, 4) is 0 Å². The van der Waals surface area contributed by atoms with Crippen LogP contribution in [0.3, 0.4) is 0 Å². The second-order valence-corrected chi connectivity index (χ2v) is 4.84. The Labute approximate surface area is 110 Å². The van der Waals surface area contributed by atoms with Crippen molar-refractivity contribution in [2.75, 3.05) is 0 Å². The van der Waals surface area contributed by atoms with Crippen LogP contribution in [0.4, 0.5) is 4.39 Å². The van der Waals surface area contributed by atoms with Gasteiger partial charge in [0.15, 0.2) is 0 Å². The summed E-state index contributed by atoms with van der Waals surface area (Å²) in [6, 6.07) is 14.8. The van der Waals surface area contributed by atoms with Gasteiger partial charge in [0, 0.05) is 10.6 Å². The number of benzene rings is 2. The third-order valence-corrected chi connectivity index (χ3v) is 3.57. The van der Waals surface area contributed by atoms with E-state index in [0.29, 0.717) is 11.3 Å². The van der Waals surface area contributed by atoms with Gasteiger partial charge in [-0.3, -0.25) is 5.41 Å². The van der Waals surface area contributed by atoms with Crippen LogP contribution in [0.2, 0.25) is 0 Å². The molecule has 4 heteroatoms. The molecule has 2 nitrogen and oxygen atoms in total. The molecule has 0 atom stereocenters. The van der Waals surface area contributed by atoms with Crippen LogP contribution in [0.5, 0.6) is 0 Å². The topological polar surface area (TPSA) is 49.9 Å². The van der Waals surface area contributed by atoms with Crippen LogP contribution >= 0.6 is 11.8 Å². The molecule has 18 heavy (non-hydrogen) atoms. The molecule has 0 saturated heterocycles. The average Bonchev–Trinajstić information content (AvgIpc) is 2.38. The Balaban J connectivity index is 2.15. The van der Waals surface area contributed by atoms with E-state index in [0.717, 1.165) is 4.90 Å². The fourth-order valence-corrected chi connectivity index (χ4v) is 2.47. The highest BCUT2D eigenvalue weighted by Gasteiger charge is 2.10. The molecule has 0 bridgehead atoms. The molecule has 3 N–H and O–H groups in total. The van der Waals surface area contributed by atoms with Gasteiger partial charge in [-0.2, -0.15) is 0 Å². The van der Waals surface area contributed by atoms with Crippen molar-refractivity contribution in [2.24, 2.45) is 5.73 Å². The number of halogens is 1. The van der Waals surface area contributed by atoms with E-state index in [4.69, 9.17) is 11.1 Å². The minimum Gasteiger partial charge on any atom is -0.384 e. The van der Waals surface area contributed by atoms with E-state index < -0.39 is 5.82 Å². The maximum atomic E-state index is 14.0. The Kier molecular flexibility index (Phi) is 3.99. The summed E-state index contributed by atoms with van der Waals surface area (Å²) in [5, 5.41) is 7.30. The van der Waals surface area contributed by atoms with E-state index in [2.05, 4.69) is 0 Å². The molecule has 0 aliphatic heterocycles. The van der Waals surface area contributed by atoms with Gasteiger partial charge >= 0.3 is 0 Å². The van der Waals surface area contributed by atoms with E-state index in [1.54, 1.807) is 23.9 Å². The molecule has 0 spiro atoms. The summed E-state index contributed by atoms with van der Waals surface area (Å²) in [6.45, 7) is 0. The standard InChI is InChI=1S/C14H13FN2S/c15-13-10(5-4-8-12(13)14(16)17)9-18-11-6-2-1-3-7-11/h1-8H,9H2,(H3,16,17). The summed E-state index contributed by atoms with van der Waals surface area (Å²) >= 11 is 1.56. The Morgan fingerprint density at radius 3 is 2.50 bits per heavy atom. The first-order valence-electron chi connectivity index (χ1n) is 5.48. The van der Waals surface area contributed by atoms with Gasteiger partial charge in [-0.25, -0.2) is 4.39 Å². The van der Waals surface area contributed by atoms with E-state index >= 15 is 0 Å². The van der Waals surface area contributed by atoms with E-state index in [-0.39, 0.29) is 11.4 Å². The second kappa shape index (κ2) is 5.69. The highest BCUT2D eigenvalue weighted by atomic mass is 32.2. The quantitative estimate of drug-likeness (QED) is 0.503. The van der Waals surface area contributed by atoms with Crippen molar-refractivity contribution in [1.82, 2.24) is 0 Å². The molecule has 0 aliphatic rings. The van der Waals surface area contributed by atoms with Crippen molar-refractivity contribution >= 4 is 17.6 Å². The average molecular weight is 260 g/mol. The third kappa shape index (κ3) is 2.90. The van der Waals surface area contributed by atoms with Crippen LogP contribution in [0.15, 0.2) is 53.4 Å². The van der Waals surface area contributed by atoms with Gasteiger partial charge in [0.25, 0.3) is 0 Å². The van der Waals surface area contributed by atoms with Crippen molar-refractivity contribution < 1.29 is 4.39 Å². The van der Waals surface area contributed by atoms with Crippen molar-refractivity contribution in [1.29, 1.82) is 5.41 Å². The molecule has 0 aromatic heterocycles. The summed E-state index contributed by atoms with van der Waals surface area (Å²) in [7, 11) is 0. The van der Waals surface area contributed by atoms with Gasteiger partial charge in [-0.1, -0.05) is 30.3 Å². The number of nitrogens with two attached hydrogens (primary N) is 1. The smallest absolute Gasteiger partial charge is 0.138 e. The van der Waals surface area contributed by atoms with Crippen LogP contribution in [0, 0.1) is 11.2 Å². The molecule has 0 saturated carbocycles. The van der Waals surface area contributed by atoms with E-state index in [1.807, 2.05) is 30.3 Å². The van der Waals surface area contributed by atoms with Crippen molar-refractivity contribution in [2.45, 2.75) is 10.6 Å². The monoisotopic (exact) mass is 260 g/mol. The molecule has 2 aromatic carbocycles. The van der Waals surface area contributed by atoms with Crippen LogP contribution in [-0.2, 0) is 5.75 Å².